The normalized spacial score (nSPS) is 16.7. The maximum absolute atomic E-state index is 5.60. The largest absolute Gasteiger partial charge is 0.381 e. The summed E-state index contributed by atoms with van der Waals surface area (Å²) in [6.45, 7) is 9.80. The van der Waals surface area contributed by atoms with Crippen LogP contribution < -0.4 is 5.32 Å². The van der Waals surface area contributed by atoms with Gasteiger partial charge in [0.05, 0.1) is 0 Å². The molecule has 1 saturated carbocycles. The molecule has 0 aromatic rings. The second kappa shape index (κ2) is 7.29. The van der Waals surface area contributed by atoms with Gasteiger partial charge in [-0.3, -0.25) is 0 Å². The van der Waals surface area contributed by atoms with Crippen LogP contribution in [0, 0.1) is 5.92 Å². The van der Waals surface area contributed by atoms with Gasteiger partial charge in [0.15, 0.2) is 0 Å². The van der Waals surface area contributed by atoms with Crippen molar-refractivity contribution < 1.29 is 4.74 Å². The predicted molar refractivity (Wildman–Crippen MR) is 69.8 cm³/mol. The molecular weight excluding hydrogens is 198 g/mol. The van der Waals surface area contributed by atoms with E-state index in [4.69, 9.17) is 4.74 Å². The van der Waals surface area contributed by atoms with Gasteiger partial charge in [-0.15, -0.1) is 0 Å². The Morgan fingerprint density at radius 3 is 2.38 bits per heavy atom. The van der Waals surface area contributed by atoms with Crippen LogP contribution in [0.25, 0.3) is 0 Å². The second-order valence-corrected chi connectivity index (χ2v) is 6.11. The van der Waals surface area contributed by atoms with E-state index < -0.39 is 0 Å². The van der Waals surface area contributed by atoms with Gasteiger partial charge in [0.2, 0.25) is 0 Å². The smallest absolute Gasteiger partial charge is 0.0494 e. The average molecular weight is 227 g/mol. The molecule has 16 heavy (non-hydrogen) atoms. The van der Waals surface area contributed by atoms with Crippen LogP contribution in [-0.2, 0) is 4.74 Å². The molecule has 0 atom stereocenters. The summed E-state index contributed by atoms with van der Waals surface area (Å²) in [5, 5.41) is 3.52. The van der Waals surface area contributed by atoms with E-state index >= 15 is 0 Å². The monoisotopic (exact) mass is 227 g/mol. The quantitative estimate of drug-likeness (QED) is 0.610. The number of hydrogen-bond acceptors (Lipinski definition) is 2. The summed E-state index contributed by atoms with van der Waals surface area (Å²) >= 11 is 0. The number of hydrogen-bond donors (Lipinski definition) is 1. The highest BCUT2D eigenvalue weighted by molar-refractivity contribution is 4.72. The molecule has 1 N–H and O–H groups in total. The van der Waals surface area contributed by atoms with Crippen molar-refractivity contribution in [2.45, 2.75) is 64.8 Å². The minimum absolute atomic E-state index is 0.271. The highest BCUT2D eigenvalue weighted by atomic mass is 16.5. The third-order valence-corrected chi connectivity index (χ3v) is 2.92. The molecule has 0 saturated heterocycles. The molecular formula is C14H29NO. The van der Waals surface area contributed by atoms with E-state index in [-0.39, 0.29) is 5.54 Å². The van der Waals surface area contributed by atoms with Crippen LogP contribution in [0.5, 0.6) is 0 Å². The van der Waals surface area contributed by atoms with Crippen molar-refractivity contribution >= 4 is 0 Å². The Balaban J connectivity index is 1.70. The predicted octanol–water partition coefficient (Wildman–Crippen LogP) is 3.36. The second-order valence-electron chi connectivity index (χ2n) is 6.11. The lowest BCUT2D eigenvalue weighted by atomic mass is 10.1. The van der Waals surface area contributed by atoms with Crippen molar-refractivity contribution in [2.75, 3.05) is 19.8 Å². The standard InChI is InChI=1S/C14H29NO/c1-14(2,3)15-10-6-4-5-7-11-16-12-13-8-9-13/h13,15H,4-12H2,1-3H3. The summed E-state index contributed by atoms with van der Waals surface area (Å²) in [5.74, 6) is 0.913. The van der Waals surface area contributed by atoms with E-state index in [1.165, 1.54) is 38.5 Å². The summed E-state index contributed by atoms with van der Waals surface area (Å²) < 4.78 is 5.60. The first-order chi connectivity index (χ1) is 7.58. The fraction of sp³-hybridized carbons (Fsp3) is 1.00. The molecule has 1 aliphatic rings. The first-order valence-corrected chi connectivity index (χ1v) is 6.91. The van der Waals surface area contributed by atoms with Crippen LogP contribution in [0.3, 0.4) is 0 Å². The molecule has 1 aliphatic carbocycles. The van der Waals surface area contributed by atoms with E-state index in [0.717, 1.165) is 25.7 Å². The van der Waals surface area contributed by atoms with E-state index in [0.29, 0.717) is 0 Å². The zero-order chi connectivity index (χ0) is 11.9. The zero-order valence-electron chi connectivity index (χ0n) is 11.3. The fourth-order valence-corrected chi connectivity index (χ4v) is 1.68. The summed E-state index contributed by atoms with van der Waals surface area (Å²) in [4.78, 5) is 0. The molecule has 0 unspecified atom stereocenters. The number of nitrogens with one attached hydrogen (secondary N) is 1. The Hall–Kier alpha value is -0.0800. The topological polar surface area (TPSA) is 21.3 Å². The first-order valence-electron chi connectivity index (χ1n) is 6.91. The first kappa shape index (κ1) is 14.0. The average Bonchev–Trinajstić information content (AvgIpc) is 2.97. The van der Waals surface area contributed by atoms with Gasteiger partial charge in [-0.25, -0.2) is 0 Å². The highest BCUT2D eigenvalue weighted by Crippen LogP contribution is 2.28. The van der Waals surface area contributed by atoms with Crippen molar-refractivity contribution in [3.05, 3.63) is 0 Å². The van der Waals surface area contributed by atoms with Crippen molar-refractivity contribution in [1.82, 2.24) is 5.32 Å². The van der Waals surface area contributed by atoms with Crippen molar-refractivity contribution in [3.63, 3.8) is 0 Å². The van der Waals surface area contributed by atoms with Gasteiger partial charge in [0, 0.05) is 18.8 Å². The molecule has 2 heteroatoms. The molecule has 0 radical (unpaired) electrons. The molecule has 96 valence electrons. The van der Waals surface area contributed by atoms with E-state index in [1.807, 2.05) is 0 Å². The molecule has 0 aliphatic heterocycles. The Kier molecular flexibility index (Phi) is 6.37. The van der Waals surface area contributed by atoms with Gasteiger partial charge in [-0.2, -0.15) is 0 Å². The number of unbranched alkanes of at least 4 members (excludes halogenated alkanes) is 3. The zero-order valence-corrected chi connectivity index (χ0v) is 11.3. The molecule has 2 nitrogen and oxygen atoms in total. The Bertz CT molecular complexity index is 170. The SMILES string of the molecule is CC(C)(C)NCCCCCCOCC1CC1. The minimum atomic E-state index is 0.271. The number of ether oxygens (including phenoxy) is 1. The minimum Gasteiger partial charge on any atom is -0.381 e. The van der Waals surface area contributed by atoms with E-state index in [1.54, 1.807) is 0 Å². The van der Waals surface area contributed by atoms with Crippen molar-refractivity contribution in [1.29, 1.82) is 0 Å². The molecule has 0 aromatic carbocycles. The highest BCUT2D eigenvalue weighted by Gasteiger charge is 2.20. The lowest BCUT2D eigenvalue weighted by Crippen LogP contribution is -2.36. The van der Waals surface area contributed by atoms with Crippen LogP contribution in [0.4, 0.5) is 0 Å². The summed E-state index contributed by atoms with van der Waals surface area (Å²) in [6.07, 6.45) is 7.98. The molecule has 0 spiro atoms. The van der Waals surface area contributed by atoms with Gasteiger partial charge in [-0.05, 0) is 58.9 Å². The van der Waals surface area contributed by atoms with E-state index in [9.17, 15) is 0 Å². The molecule has 0 amide bonds. The van der Waals surface area contributed by atoms with Gasteiger partial charge < -0.3 is 10.1 Å². The van der Waals surface area contributed by atoms with Gasteiger partial charge in [0.25, 0.3) is 0 Å². The third-order valence-electron chi connectivity index (χ3n) is 2.92. The van der Waals surface area contributed by atoms with Gasteiger partial charge in [0.1, 0.15) is 0 Å². The lowest BCUT2D eigenvalue weighted by Gasteiger charge is -2.20. The molecule has 0 bridgehead atoms. The maximum Gasteiger partial charge on any atom is 0.0494 e. The van der Waals surface area contributed by atoms with E-state index in [2.05, 4.69) is 26.1 Å². The molecule has 1 fully saturated rings. The summed E-state index contributed by atoms with van der Waals surface area (Å²) in [5.41, 5.74) is 0.271. The van der Waals surface area contributed by atoms with Gasteiger partial charge >= 0.3 is 0 Å². The van der Waals surface area contributed by atoms with Crippen molar-refractivity contribution in [2.24, 2.45) is 5.92 Å². The Morgan fingerprint density at radius 1 is 1.06 bits per heavy atom. The fourth-order valence-electron chi connectivity index (χ4n) is 1.68. The summed E-state index contributed by atoms with van der Waals surface area (Å²) in [6, 6.07) is 0. The van der Waals surface area contributed by atoms with Crippen LogP contribution >= 0.6 is 0 Å². The van der Waals surface area contributed by atoms with Crippen LogP contribution in [0.1, 0.15) is 59.3 Å². The number of rotatable bonds is 9. The van der Waals surface area contributed by atoms with Gasteiger partial charge in [-0.1, -0.05) is 12.8 Å². The molecule has 1 rings (SSSR count). The Labute approximate surface area is 101 Å². The van der Waals surface area contributed by atoms with Crippen LogP contribution in [-0.4, -0.2) is 25.3 Å². The van der Waals surface area contributed by atoms with Crippen molar-refractivity contribution in [3.8, 4) is 0 Å². The third kappa shape index (κ3) is 9.17. The van der Waals surface area contributed by atoms with Crippen LogP contribution in [0.2, 0.25) is 0 Å². The maximum atomic E-state index is 5.60. The summed E-state index contributed by atoms with van der Waals surface area (Å²) in [7, 11) is 0. The molecule has 0 heterocycles. The van der Waals surface area contributed by atoms with Crippen LogP contribution in [0.15, 0.2) is 0 Å². The Morgan fingerprint density at radius 2 is 1.75 bits per heavy atom. The molecule has 0 aromatic heterocycles. The lowest BCUT2D eigenvalue weighted by molar-refractivity contribution is 0.120.